The second-order valence-corrected chi connectivity index (χ2v) is 7.36. The van der Waals surface area contributed by atoms with E-state index in [1.54, 1.807) is 0 Å². The van der Waals surface area contributed by atoms with Crippen LogP contribution in [-0.4, -0.2) is 18.9 Å². The molecule has 0 radical (unpaired) electrons. The standard InChI is InChI=1S/C23H21BN3O/c1-16-9-10-19-20-11-13-24(27(3)23(20)28-22(19)25-16)21-15-18(12-14-26(21)2)17-7-5-4-6-8-17/h4-15H,1-3H3/q+1. The third-order valence-electron chi connectivity index (χ3n) is 5.49. The zero-order chi connectivity index (χ0) is 19.3. The molecule has 0 aliphatic carbocycles. The molecule has 0 atom stereocenters. The van der Waals surface area contributed by atoms with Gasteiger partial charge in [0.2, 0.25) is 5.71 Å². The molecule has 5 heteroatoms. The van der Waals surface area contributed by atoms with Crippen LogP contribution in [0, 0.1) is 6.92 Å². The van der Waals surface area contributed by atoms with Crippen LogP contribution in [0.1, 0.15) is 11.3 Å². The predicted octanol–water partition coefficient (Wildman–Crippen LogP) is 3.53. The molecule has 0 spiro atoms. The highest BCUT2D eigenvalue weighted by Gasteiger charge is 2.35. The number of hydrogen-bond donors (Lipinski definition) is 0. The Balaban J connectivity index is 1.59. The smallest absolute Gasteiger partial charge is 0.398 e. The zero-order valence-corrected chi connectivity index (χ0v) is 16.3. The molecule has 0 saturated carbocycles. The summed E-state index contributed by atoms with van der Waals surface area (Å²) in [4.78, 5) is 6.74. The van der Waals surface area contributed by atoms with Crippen LogP contribution in [-0.2, 0) is 7.05 Å². The minimum absolute atomic E-state index is 0.0859. The van der Waals surface area contributed by atoms with Crippen LogP contribution in [0.5, 0.6) is 0 Å². The first-order valence-electron chi connectivity index (χ1n) is 9.48. The molecule has 28 heavy (non-hydrogen) atoms. The van der Waals surface area contributed by atoms with Gasteiger partial charge in [0, 0.05) is 28.8 Å². The van der Waals surface area contributed by atoms with Crippen molar-refractivity contribution in [1.29, 1.82) is 0 Å². The number of pyridine rings is 2. The van der Waals surface area contributed by atoms with Gasteiger partial charge >= 0.3 is 6.85 Å². The number of rotatable bonds is 2. The zero-order valence-electron chi connectivity index (χ0n) is 16.3. The molecule has 0 fully saturated rings. The topological polar surface area (TPSA) is 33.2 Å². The maximum absolute atomic E-state index is 6.14. The molecule has 136 valence electrons. The van der Waals surface area contributed by atoms with Crippen molar-refractivity contribution < 1.29 is 8.98 Å². The van der Waals surface area contributed by atoms with E-state index in [1.807, 2.05) is 19.1 Å². The highest BCUT2D eigenvalue weighted by Crippen LogP contribution is 2.35. The summed E-state index contributed by atoms with van der Waals surface area (Å²) in [5, 5.41) is 1.06. The van der Waals surface area contributed by atoms with E-state index in [-0.39, 0.29) is 6.85 Å². The van der Waals surface area contributed by atoms with E-state index < -0.39 is 0 Å². The molecule has 3 aromatic heterocycles. The second-order valence-electron chi connectivity index (χ2n) is 7.36. The highest BCUT2D eigenvalue weighted by molar-refractivity contribution is 6.80. The lowest BCUT2D eigenvalue weighted by molar-refractivity contribution is -0.654. The van der Waals surface area contributed by atoms with Gasteiger partial charge in [0.1, 0.15) is 7.05 Å². The first-order chi connectivity index (χ1) is 13.6. The number of benzene rings is 1. The molecule has 4 aromatic rings. The molecular formula is C23H21BN3O+. The lowest BCUT2D eigenvalue weighted by atomic mass is 9.55. The molecule has 4 heterocycles. The molecule has 0 saturated heterocycles. The number of aromatic nitrogens is 2. The Hall–Kier alpha value is -3.34. The summed E-state index contributed by atoms with van der Waals surface area (Å²) in [6, 6.07) is 19.0. The van der Waals surface area contributed by atoms with Gasteiger partial charge in [0.05, 0.1) is 0 Å². The van der Waals surface area contributed by atoms with E-state index in [1.165, 1.54) is 16.7 Å². The third kappa shape index (κ3) is 2.62. The van der Waals surface area contributed by atoms with Crippen LogP contribution < -0.4 is 15.0 Å². The minimum Gasteiger partial charge on any atom is -0.423 e. The number of furan rings is 1. The molecule has 0 unspecified atom stereocenters. The van der Waals surface area contributed by atoms with Gasteiger partial charge in [-0.1, -0.05) is 42.4 Å². The SMILES string of the molecule is Cc1ccc2c3c(oc2n1)N(C)B(c1cc(-c2ccccc2)cc[n+]1C)C=C3. The summed E-state index contributed by atoms with van der Waals surface area (Å²) in [5.41, 5.74) is 6.39. The van der Waals surface area contributed by atoms with E-state index in [2.05, 4.69) is 89.2 Å². The average molecular weight is 366 g/mol. The van der Waals surface area contributed by atoms with Gasteiger partial charge in [-0.25, -0.2) is 9.55 Å². The number of nitrogens with zero attached hydrogens (tertiary/aromatic N) is 3. The van der Waals surface area contributed by atoms with Crippen molar-refractivity contribution in [3.8, 4) is 11.1 Å². The summed E-state index contributed by atoms with van der Waals surface area (Å²) in [7, 11) is 4.17. The summed E-state index contributed by atoms with van der Waals surface area (Å²) < 4.78 is 8.32. The summed E-state index contributed by atoms with van der Waals surface area (Å²) in [6.45, 7) is 2.07. The third-order valence-corrected chi connectivity index (χ3v) is 5.49. The van der Waals surface area contributed by atoms with Crippen molar-refractivity contribution in [3.63, 3.8) is 0 Å². The number of aryl methyl sites for hydroxylation is 2. The van der Waals surface area contributed by atoms with Crippen molar-refractivity contribution in [2.75, 3.05) is 11.9 Å². The molecule has 0 bridgehead atoms. The Labute approximate surface area is 164 Å². The quantitative estimate of drug-likeness (QED) is 0.402. The van der Waals surface area contributed by atoms with Crippen molar-refractivity contribution in [1.82, 2.24) is 4.98 Å². The first kappa shape index (κ1) is 16.8. The minimum atomic E-state index is 0.0859. The Morgan fingerprint density at radius 3 is 2.68 bits per heavy atom. The van der Waals surface area contributed by atoms with Crippen molar-refractivity contribution in [3.05, 3.63) is 78.0 Å². The average Bonchev–Trinajstić information content (AvgIpc) is 3.08. The van der Waals surface area contributed by atoms with Gasteiger partial charge in [-0.05, 0) is 37.2 Å². The predicted molar refractivity (Wildman–Crippen MR) is 115 cm³/mol. The van der Waals surface area contributed by atoms with E-state index >= 15 is 0 Å². The van der Waals surface area contributed by atoms with Gasteiger partial charge in [0.15, 0.2) is 17.7 Å². The van der Waals surface area contributed by atoms with Gasteiger partial charge in [-0.15, -0.1) is 0 Å². The number of fused-ring (bicyclic) bond motifs is 3. The van der Waals surface area contributed by atoms with Crippen LogP contribution in [0.4, 0.5) is 5.88 Å². The summed E-state index contributed by atoms with van der Waals surface area (Å²) in [6.07, 6.45) is 4.29. The summed E-state index contributed by atoms with van der Waals surface area (Å²) in [5.74, 6) is 3.10. The molecule has 0 amide bonds. The molecule has 0 N–H and O–H groups in total. The van der Waals surface area contributed by atoms with E-state index in [4.69, 9.17) is 4.42 Å². The maximum atomic E-state index is 6.14. The number of anilines is 1. The van der Waals surface area contributed by atoms with Gasteiger partial charge in [0.25, 0.3) is 0 Å². The first-order valence-corrected chi connectivity index (χ1v) is 9.48. The fourth-order valence-corrected chi connectivity index (χ4v) is 3.93. The second kappa shape index (κ2) is 6.38. The Bertz CT molecular complexity index is 1210. The van der Waals surface area contributed by atoms with Crippen LogP contribution in [0.3, 0.4) is 0 Å². The van der Waals surface area contributed by atoms with Gasteiger partial charge < -0.3 is 9.23 Å². The Kier molecular flexibility index (Phi) is 3.83. The number of hydrogen-bond acceptors (Lipinski definition) is 3. The Morgan fingerprint density at radius 2 is 1.86 bits per heavy atom. The monoisotopic (exact) mass is 366 g/mol. The largest absolute Gasteiger partial charge is 0.423 e. The molecule has 1 aromatic carbocycles. The van der Waals surface area contributed by atoms with E-state index in [0.29, 0.717) is 5.71 Å². The van der Waals surface area contributed by atoms with Gasteiger partial charge in [-0.3, -0.25) is 0 Å². The molecular weight excluding hydrogens is 345 g/mol. The lowest BCUT2D eigenvalue weighted by Gasteiger charge is -2.24. The van der Waals surface area contributed by atoms with Crippen LogP contribution >= 0.6 is 0 Å². The van der Waals surface area contributed by atoms with E-state index in [9.17, 15) is 0 Å². The van der Waals surface area contributed by atoms with Crippen molar-refractivity contribution >= 4 is 35.5 Å². The maximum Gasteiger partial charge on any atom is 0.398 e. The van der Waals surface area contributed by atoms with Crippen LogP contribution in [0.15, 0.2) is 71.2 Å². The fourth-order valence-electron chi connectivity index (χ4n) is 3.93. The Morgan fingerprint density at radius 1 is 1.04 bits per heavy atom. The molecule has 4 nitrogen and oxygen atoms in total. The molecule has 5 rings (SSSR count). The summed E-state index contributed by atoms with van der Waals surface area (Å²) >= 11 is 0. The fraction of sp³-hybridized carbons (Fsp3) is 0.130. The van der Waals surface area contributed by atoms with Gasteiger partial charge in [-0.2, -0.15) is 0 Å². The van der Waals surface area contributed by atoms with Crippen molar-refractivity contribution in [2.24, 2.45) is 7.05 Å². The molecule has 1 aliphatic heterocycles. The lowest BCUT2D eigenvalue weighted by Crippen LogP contribution is -2.60. The highest BCUT2D eigenvalue weighted by atomic mass is 16.4. The van der Waals surface area contributed by atoms with Crippen LogP contribution in [0.25, 0.3) is 28.3 Å². The normalized spacial score (nSPS) is 13.2. The van der Waals surface area contributed by atoms with Crippen molar-refractivity contribution in [2.45, 2.75) is 6.92 Å². The van der Waals surface area contributed by atoms with E-state index in [0.717, 1.165) is 22.5 Å². The molecule has 1 aliphatic rings. The van der Waals surface area contributed by atoms with Crippen LogP contribution in [0.2, 0.25) is 0 Å².